The second-order valence-corrected chi connectivity index (χ2v) is 8.17. The van der Waals surface area contributed by atoms with Gasteiger partial charge in [-0.2, -0.15) is 0 Å². The van der Waals surface area contributed by atoms with E-state index in [1.165, 1.54) is 39.5 Å². The molecular formula is C17H22Br2N4S3. The monoisotopic (exact) mass is 536 g/mol. The fourth-order valence-corrected chi connectivity index (χ4v) is 4.55. The van der Waals surface area contributed by atoms with E-state index in [1.54, 1.807) is 11.8 Å². The molecular weight excluding hydrogens is 516 g/mol. The number of hydrogen-bond acceptors (Lipinski definition) is 5. The van der Waals surface area contributed by atoms with Gasteiger partial charge in [0.15, 0.2) is 10.3 Å². The van der Waals surface area contributed by atoms with Gasteiger partial charge >= 0.3 is 0 Å². The van der Waals surface area contributed by atoms with Crippen molar-refractivity contribution in [2.75, 3.05) is 0 Å². The highest BCUT2D eigenvalue weighted by molar-refractivity contribution is 8.93. The van der Waals surface area contributed by atoms with Crippen LogP contribution in [-0.4, -0.2) is 10.3 Å². The number of nitrogens with two attached hydrogens (primary N) is 2. The number of benzene rings is 2. The van der Waals surface area contributed by atoms with Crippen LogP contribution in [0.2, 0.25) is 0 Å². The van der Waals surface area contributed by atoms with Gasteiger partial charge in [-0.15, -0.1) is 34.0 Å². The van der Waals surface area contributed by atoms with Crippen LogP contribution in [0.5, 0.6) is 0 Å². The summed E-state index contributed by atoms with van der Waals surface area (Å²) in [5, 5.41) is 15.1. The van der Waals surface area contributed by atoms with Crippen LogP contribution in [0.3, 0.4) is 0 Å². The van der Waals surface area contributed by atoms with Crippen molar-refractivity contribution >= 4 is 79.6 Å². The Hall–Kier alpha value is -0.610. The van der Waals surface area contributed by atoms with Gasteiger partial charge < -0.3 is 11.5 Å². The molecule has 0 bridgehead atoms. The molecule has 0 radical (unpaired) electrons. The predicted octanol–water partition coefficient (Wildman–Crippen LogP) is 5.56. The standard InChI is InChI=1S/C17H20N4S3.2BrH/c1-11-5-4-7-13(10-23-17(20)21)15(11)24-14-8-3-2-6-12(14)9-22-16(18)19;;/h2-8H,9-10H2,1H3,(H3,18,19)(H3,20,21);2*1H. The molecule has 0 atom stereocenters. The molecule has 0 saturated heterocycles. The van der Waals surface area contributed by atoms with Crippen LogP contribution in [0.4, 0.5) is 0 Å². The third-order valence-corrected chi connectivity index (χ3v) is 6.18. The highest BCUT2D eigenvalue weighted by Gasteiger charge is 2.11. The summed E-state index contributed by atoms with van der Waals surface area (Å²) in [4.78, 5) is 2.36. The summed E-state index contributed by atoms with van der Waals surface area (Å²) in [6.45, 7) is 2.09. The Balaban J connectivity index is 0.00000312. The normalized spacial score (nSPS) is 9.73. The Labute approximate surface area is 188 Å². The van der Waals surface area contributed by atoms with E-state index in [2.05, 4.69) is 31.2 Å². The fourth-order valence-electron chi connectivity index (χ4n) is 2.12. The van der Waals surface area contributed by atoms with Crippen LogP contribution in [0.15, 0.2) is 52.3 Å². The Bertz CT molecular complexity index is 757. The molecule has 6 N–H and O–H groups in total. The van der Waals surface area contributed by atoms with Crippen molar-refractivity contribution in [3.8, 4) is 0 Å². The lowest BCUT2D eigenvalue weighted by atomic mass is 10.2. The first-order valence-electron chi connectivity index (χ1n) is 7.25. The zero-order chi connectivity index (χ0) is 17.5. The van der Waals surface area contributed by atoms with E-state index in [9.17, 15) is 0 Å². The maximum Gasteiger partial charge on any atom is 0.151 e. The quantitative estimate of drug-likeness (QED) is 0.285. The van der Waals surface area contributed by atoms with Gasteiger partial charge in [0.05, 0.1) is 0 Å². The van der Waals surface area contributed by atoms with E-state index in [0.29, 0.717) is 11.5 Å². The number of nitrogens with one attached hydrogen (secondary N) is 2. The summed E-state index contributed by atoms with van der Waals surface area (Å²) < 4.78 is 0. The summed E-state index contributed by atoms with van der Waals surface area (Å²) in [7, 11) is 0. The maximum atomic E-state index is 7.42. The molecule has 142 valence electrons. The molecule has 0 unspecified atom stereocenters. The molecule has 9 heteroatoms. The van der Waals surface area contributed by atoms with Gasteiger partial charge in [-0.1, -0.05) is 71.7 Å². The first-order valence-corrected chi connectivity index (χ1v) is 10.0. The molecule has 0 amide bonds. The summed E-state index contributed by atoms with van der Waals surface area (Å²) in [5.41, 5.74) is 14.5. The van der Waals surface area contributed by atoms with Gasteiger partial charge in [0.1, 0.15) is 0 Å². The van der Waals surface area contributed by atoms with E-state index in [-0.39, 0.29) is 44.3 Å². The molecule has 2 aromatic carbocycles. The van der Waals surface area contributed by atoms with Crippen LogP contribution in [0.1, 0.15) is 16.7 Å². The second-order valence-electron chi connectivity index (χ2n) is 5.08. The largest absolute Gasteiger partial charge is 0.379 e. The zero-order valence-corrected chi connectivity index (χ0v) is 20.0. The number of amidine groups is 2. The summed E-state index contributed by atoms with van der Waals surface area (Å²) in [5.74, 6) is 1.37. The second kappa shape index (κ2) is 12.7. The Morgan fingerprint density at radius 3 is 2.00 bits per heavy atom. The average Bonchev–Trinajstić information content (AvgIpc) is 2.54. The van der Waals surface area contributed by atoms with E-state index in [0.717, 1.165) is 10.5 Å². The molecule has 0 aliphatic rings. The molecule has 0 aliphatic heterocycles. The molecule has 0 fully saturated rings. The number of aryl methyl sites for hydroxylation is 1. The number of halogens is 2. The Morgan fingerprint density at radius 1 is 0.846 bits per heavy atom. The predicted molar refractivity (Wildman–Crippen MR) is 129 cm³/mol. The molecule has 4 nitrogen and oxygen atoms in total. The molecule has 2 rings (SSSR count). The van der Waals surface area contributed by atoms with E-state index in [1.807, 2.05) is 18.2 Å². The summed E-state index contributed by atoms with van der Waals surface area (Å²) >= 11 is 4.39. The van der Waals surface area contributed by atoms with Crippen molar-refractivity contribution in [1.29, 1.82) is 10.8 Å². The lowest BCUT2D eigenvalue weighted by Gasteiger charge is -2.14. The molecule has 0 spiro atoms. The van der Waals surface area contributed by atoms with Gasteiger partial charge in [0.25, 0.3) is 0 Å². The zero-order valence-electron chi connectivity index (χ0n) is 14.2. The van der Waals surface area contributed by atoms with Gasteiger partial charge in [0, 0.05) is 21.3 Å². The average molecular weight is 538 g/mol. The Kier molecular flexibility index (Phi) is 12.4. The van der Waals surface area contributed by atoms with Gasteiger partial charge in [0.2, 0.25) is 0 Å². The maximum absolute atomic E-state index is 7.42. The van der Waals surface area contributed by atoms with E-state index >= 15 is 0 Å². The number of hydrogen-bond donors (Lipinski definition) is 4. The van der Waals surface area contributed by atoms with Crippen molar-refractivity contribution in [1.82, 2.24) is 0 Å². The number of thioether (sulfide) groups is 2. The first-order chi connectivity index (χ1) is 11.5. The summed E-state index contributed by atoms with van der Waals surface area (Å²) in [6, 6.07) is 14.4. The molecule has 2 aromatic rings. The third kappa shape index (κ3) is 7.96. The molecule has 0 aliphatic carbocycles. The van der Waals surface area contributed by atoms with Crippen LogP contribution in [0.25, 0.3) is 0 Å². The third-order valence-electron chi connectivity index (χ3n) is 3.24. The van der Waals surface area contributed by atoms with E-state index < -0.39 is 0 Å². The van der Waals surface area contributed by atoms with Crippen molar-refractivity contribution in [3.05, 3.63) is 59.2 Å². The van der Waals surface area contributed by atoms with E-state index in [4.69, 9.17) is 22.3 Å². The van der Waals surface area contributed by atoms with Crippen molar-refractivity contribution < 1.29 is 0 Å². The minimum atomic E-state index is 0. The van der Waals surface area contributed by atoms with Gasteiger partial charge in [-0.3, -0.25) is 10.8 Å². The molecule has 26 heavy (non-hydrogen) atoms. The fraction of sp³-hybridized carbons (Fsp3) is 0.176. The minimum absolute atomic E-state index is 0. The van der Waals surface area contributed by atoms with Crippen molar-refractivity contribution in [3.63, 3.8) is 0 Å². The minimum Gasteiger partial charge on any atom is -0.379 e. The highest BCUT2D eigenvalue weighted by atomic mass is 79.9. The molecule has 0 aromatic heterocycles. The topological polar surface area (TPSA) is 99.7 Å². The molecule has 0 heterocycles. The van der Waals surface area contributed by atoms with Crippen molar-refractivity contribution in [2.45, 2.75) is 28.2 Å². The highest BCUT2D eigenvalue weighted by Crippen LogP contribution is 2.37. The molecule has 0 saturated carbocycles. The first kappa shape index (κ1) is 25.4. The lowest BCUT2D eigenvalue weighted by Crippen LogP contribution is -2.04. The van der Waals surface area contributed by atoms with Gasteiger partial charge in [-0.05, 0) is 29.7 Å². The van der Waals surface area contributed by atoms with Gasteiger partial charge in [-0.25, -0.2) is 0 Å². The summed E-state index contributed by atoms with van der Waals surface area (Å²) in [6.07, 6.45) is 0. The Morgan fingerprint density at radius 2 is 1.38 bits per heavy atom. The van der Waals surface area contributed by atoms with Crippen molar-refractivity contribution in [2.24, 2.45) is 11.5 Å². The SMILES string of the molecule is Br.Br.Cc1cccc(CSC(=N)N)c1Sc1ccccc1CSC(=N)N. The van der Waals surface area contributed by atoms with Crippen LogP contribution in [-0.2, 0) is 11.5 Å². The lowest BCUT2D eigenvalue weighted by molar-refractivity contribution is 1.18. The van der Waals surface area contributed by atoms with Crippen LogP contribution < -0.4 is 11.5 Å². The van der Waals surface area contributed by atoms with Crippen LogP contribution in [0, 0.1) is 17.7 Å². The van der Waals surface area contributed by atoms with Crippen LogP contribution >= 0.6 is 69.2 Å². The number of rotatable bonds is 6. The smallest absolute Gasteiger partial charge is 0.151 e.